The Morgan fingerprint density at radius 1 is 0.538 bits per heavy atom. The van der Waals surface area contributed by atoms with Gasteiger partial charge in [0.25, 0.3) is 0 Å². The number of hydrogen-bond acceptors (Lipinski definition) is 5. The number of pyridine rings is 1. The fourth-order valence-corrected chi connectivity index (χ4v) is 4.29. The van der Waals surface area contributed by atoms with Crippen LogP contribution in [-0.4, -0.2) is 31.0 Å². The molecule has 5 aromatic rings. The molecule has 0 saturated carbocycles. The fourth-order valence-electron chi connectivity index (χ4n) is 4.29. The Balaban J connectivity index is 1.56. The van der Waals surface area contributed by atoms with Gasteiger partial charge in [-0.2, -0.15) is 0 Å². The predicted molar refractivity (Wildman–Crippen MR) is 156 cm³/mol. The number of nitrogens with zero attached hydrogens (tertiary/aromatic N) is 4. The monoisotopic (exact) mass is 518 g/mol. The van der Waals surface area contributed by atoms with E-state index in [0.29, 0.717) is 0 Å². The van der Waals surface area contributed by atoms with Gasteiger partial charge < -0.3 is 9.47 Å². The van der Waals surface area contributed by atoms with Gasteiger partial charge in [-0.3, -0.25) is 9.55 Å². The van der Waals surface area contributed by atoms with E-state index in [1.54, 1.807) is 6.20 Å². The molecule has 0 amide bonds. The van der Waals surface area contributed by atoms with E-state index in [1.165, 1.54) is 0 Å². The van der Waals surface area contributed by atoms with Crippen LogP contribution in [0.25, 0.3) is 39.6 Å². The van der Waals surface area contributed by atoms with Crippen molar-refractivity contribution >= 4 is 0 Å². The van der Waals surface area contributed by atoms with Gasteiger partial charge in [-0.05, 0) is 119 Å². The molecule has 39 heavy (non-hydrogen) atoms. The second-order valence-corrected chi connectivity index (χ2v) is 11.4. The van der Waals surface area contributed by atoms with Crippen LogP contribution in [0.2, 0.25) is 0 Å². The third kappa shape index (κ3) is 6.34. The molecule has 0 bridgehead atoms. The molecule has 0 aliphatic heterocycles. The van der Waals surface area contributed by atoms with Gasteiger partial charge in [0.2, 0.25) is 0 Å². The molecular formula is C33H34N4O2. The Kier molecular flexibility index (Phi) is 6.96. The number of benzene rings is 3. The zero-order chi connectivity index (χ0) is 27.6. The Bertz CT molecular complexity index is 1450. The zero-order valence-corrected chi connectivity index (χ0v) is 23.3. The maximum atomic E-state index is 6.02. The molecule has 2 heterocycles. The summed E-state index contributed by atoms with van der Waals surface area (Å²) in [6, 6.07) is 28.4. The summed E-state index contributed by atoms with van der Waals surface area (Å²) in [6.07, 6.45) is 3.65. The van der Waals surface area contributed by atoms with E-state index in [1.807, 2.05) is 102 Å². The summed E-state index contributed by atoms with van der Waals surface area (Å²) in [5.41, 5.74) is 4.47. The van der Waals surface area contributed by atoms with Crippen molar-refractivity contribution in [3.8, 4) is 51.1 Å². The first kappa shape index (κ1) is 26.2. The first-order chi connectivity index (χ1) is 18.6. The van der Waals surface area contributed by atoms with E-state index in [-0.39, 0.29) is 11.2 Å². The second-order valence-electron chi connectivity index (χ2n) is 11.4. The molecule has 5 rings (SSSR count). The van der Waals surface area contributed by atoms with Gasteiger partial charge in [0.15, 0.2) is 11.6 Å². The summed E-state index contributed by atoms with van der Waals surface area (Å²) in [5, 5.41) is 9.27. The van der Waals surface area contributed by atoms with E-state index < -0.39 is 0 Å². The highest BCUT2D eigenvalue weighted by molar-refractivity contribution is 5.69. The molecule has 0 fully saturated rings. The molecule has 3 aromatic carbocycles. The van der Waals surface area contributed by atoms with E-state index in [2.05, 4.69) is 50.1 Å². The SMILES string of the molecule is CC(C)(C)Oc1ccc(-c2nnc(-c3ccc(OC(C)(C)C)cc3)n2-c2ccc(-c3cccnc3)cc2)cc1. The van der Waals surface area contributed by atoms with Crippen molar-refractivity contribution in [2.24, 2.45) is 0 Å². The van der Waals surface area contributed by atoms with Crippen molar-refractivity contribution in [3.63, 3.8) is 0 Å². The number of aromatic nitrogens is 4. The lowest BCUT2D eigenvalue weighted by molar-refractivity contribution is 0.130. The molecule has 198 valence electrons. The summed E-state index contributed by atoms with van der Waals surface area (Å²) in [6.45, 7) is 12.2. The molecule has 2 aromatic heterocycles. The third-order valence-electron chi connectivity index (χ3n) is 5.86. The highest BCUT2D eigenvalue weighted by Gasteiger charge is 2.19. The van der Waals surface area contributed by atoms with Crippen molar-refractivity contribution in [3.05, 3.63) is 97.3 Å². The van der Waals surface area contributed by atoms with Crippen LogP contribution in [0.5, 0.6) is 11.5 Å². The molecule has 6 nitrogen and oxygen atoms in total. The first-order valence-electron chi connectivity index (χ1n) is 13.1. The Labute approximate surface area is 230 Å². The lowest BCUT2D eigenvalue weighted by Gasteiger charge is -2.21. The maximum absolute atomic E-state index is 6.02. The fraction of sp³-hybridized carbons (Fsp3) is 0.242. The van der Waals surface area contributed by atoms with E-state index in [0.717, 1.165) is 51.1 Å². The molecule has 0 aliphatic carbocycles. The standard InChI is InChI=1S/C33H34N4O2/c1-32(2,3)38-28-17-11-24(12-18-28)30-35-36-31(25-13-19-29(20-14-25)39-33(4,5)6)37(30)27-15-9-23(10-16-27)26-8-7-21-34-22-26/h7-22H,1-6H3. The van der Waals surface area contributed by atoms with Crippen molar-refractivity contribution in [2.75, 3.05) is 0 Å². The Morgan fingerprint density at radius 3 is 1.41 bits per heavy atom. The van der Waals surface area contributed by atoms with Gasteiger partial charge >= 0.3 is 0 Å². The smallest absolute Gasteiger partial charge is 0.168 e. The van der Waals surface area contributed by atoms with E-state index >= 15 is 0 Å². The van der Waals surface area contributed by atoms with Crippen molar-refractivity contribution in [1.82, 2.24) is 19.7 Å². The average Bonchev–Trinajstić information content (AvgIpc) is 3.33. The molecule has 0 radical (unpaired) electrons. The number of ether oxygens (including phenoxy) is 2. The van der Waals surface area contributed by atoms with Crippen molar-refractivity contribution in [1.29, 1.82) is 0 Å². The quantitative estimate of drug-likeness (QED) is 0.228. The second kappa shape index (κ2) is 10.4. The first-order valence-corrected chi connectivity index (χ1v) is 13.1. The molecular weight excluding hydrogens is 484 g/mol. The highest BCUT2D eigenvalue weighted by Crippen LogP contribution is 2.32. The van der Waals surface area contributed by atoms with Crippen LogP contribution >= 0.6 is 0 Å². The Morgan fingerprint density at radius 2 is 1.00 bits per heavy atom. The minimum Gasteiger partial charge on any atom is -0.488 e. The Hall–Kier alpha value is -4.45. The van der Waals surface area contributed by atoms with Crippen LogP contribution < -0.4 is 9.47 Å². The molecule has 0 unspecified atom stereocenters. The number of rotatable bonds is 6. The van der Waals surface area contributed by atoms with Gasteiger partial charge in [0, 0.05) is 29.2 Å². The van der Waals surface area contributed by atoms with Gasteiger partial charge in [0.05, 0.1) is 0 Å². The van der Waals surface area contributed by atoms with Gasteiger partial charge in [0.1, 0.15) is 22.7 Å². The van der Waals surface area contributed by atoms with Crippen molar-refractivity contribution in [2.45, 2.75) is 52.7 Å². The van der Waals surface area contributed by atoms with Crippen LogP contribution in [0.4, 0.5) is 0 Å². The van der Waals surface area contributed by atoms with E-state index in [4.69, 9.17) is 9.47 Å². The molecule has 6 heteroatoms. The van der Waals surface area contributed by atoms with Gasteiger partial charge in [-0.1, -0.05) is 18.2 Å². The summed E-state index contributed by atoms with van der Waals surface area (Å²) in [7, 11) is 0. The van der Waals surface area contributed by atoms with Crippen LogP contribution in [0.15, 0.2) is 97.3 Å². The average molecular weight is 519 g/mol. The maximum Gasteiger partial charge on any atom is 0.168 e. The molecule has 0 N–H and O–H groups in total. The van der Waals surface area contributed by atoms with Gasteiger partial charge in [-0.25, -0.2) is 0 Å². The van der Waals surface area contributed by atoms with E-state index in [9.17, 15) is 0 Å². The number of hydrogen-bond donors (Lipinski definition) is 0. The summed E-state index contributed by atoms with van der Waals surface area (Å²) in [5.74, 6) is 3.12. The van der Waals surface area contributed by atoms with Crippen LogP contribution in [0, 0.1) is 0 Å². The summed E-state index contributed by atoms with van der Waals surface area (Å²) in [4.78, 5) is 4.25. The van der Waals surface area contributed by atoms with Crippen LogP contribution in [0.1, 0.15) is 41.5 Å². The minimum atomic E-state index is -0.270. The van der Waals surface area contributed by atoms with Crippen LogP contribution in [0.3, 0.4) is 0 Å². The topological polar surface area (TPSA) is 62.1 Å². The lowest BCUT2D eigenvalue weighted by atomic mass is 10.1. The van der Waals surface area contributed by atoms with Crippen molar-refractivity contribution < 1.29 is 9.47 Å². The van der Waals surface area contributed by atoms with Crippen LogP contribution in [-0.2, 0) is 0 Å². The molecule has 0 spiro atoms. The summed E-state index contributed by atoms with van der Waals surface area (Å²) < 4.78 is 14.1. The third-order valence-corrected chi connectivity index (χ3v) is 5.86. The zero-order valence-electron chi connectivity index (χ0n) is 23.3. The minimum absolute atomic E-state index is 0.270. The predicted octanol–water partition coefficient (Wildman–Crippen LogP) is 8.02. The molecule has 0 saturated heterocycles. The largest absolute Gasteiger partial charge is 0.488 e. The molecule has 0 atom stereocenters. The van der Waals surface area contributed by atoms with Gasteiger partial charge in [-0.15, -0.1) is 10.2 Å². The normalized spacial score (nSPS) is 11.8. The summed E-state index contributed by atoms with van der Waals surface area (Å²) >= 11 is 0. The molecule has 0 aliphatic rings. The highest BCUT2D eigenvalue weighted by atomic mass is 16.5. The lowest BCUT2D eigenvalue weighted by Crippen LogP contribution is -2.22.